The van der Waals surface area contributed by atoms with Gasteiger partial charge in [-0.3, -0.25) is 9.59 Å². The van der Waals surface area contributed by atoms with Crippen LogP contribution in [0.2, 0.25) is 0 Å². The normalized spacial score (nSPS) is 24.2. The lowest BCUT2D eigenvalue weighted by Crippen LogP contribution is -2.25. The molecule has 1 aliphatic heterocycles. The van der Waals surface area contributed by atoms with Crippen LogP contribution < -0.4 is 16.0 Å². The van der Waals surface area contributed by atoms with Crippen molar-refractivity contribution in [3.63, 3.8) is 0 Å². The highest BCUT2D eigenvalue weighted by molar-refractivity contribution is 5.97. The molecule has 0 radical (unpaired) electrons. The topological polar surface area (TPSA) is 75.4 Å². The first-order chi connectivity index (χ1) is 10.1. The molecule has 2 atom stereocenters. The first kappa shape index (κ1) is 16.8. The average Bonchev–Trinajstić information content (AvgIpc) is 3.08. The Morgan fingerprint density at radius 1 is 1.32 bits per heavy atom. The van der Waals surface area contributed by atoms with Crippen LogP contribution in [-0.4, -0.2) is 24.4 Å². The molecule has 2 unspecified atom stereocenters. The molecule has 3 rings (SSSR count). The quantitative estimate of drug-likeness (QED) is 0.896. The van der Waals surface area contributed by atoms with Gasteiger partial charge in [-0.25, -0.2) is 0 Å². The number of rotatable bonds is 3. The highest BCUT2D eigenvalue weighted by atomic mass is 35.5. The number of nitrogens with one attached hydrogen (secondary N) is 1. The van der Waals surface area contributed by atoms with Gasteiger partial charge in [0.1, 0.15) is 0 Å². The van der Waals surface area contributed by atoms with E-state index in [1.54, 1.807) is 4.90 Å². The van der Waals surface area contributed by atoms with Gasteiger partial charge in [0.05, 0.1) is 0 Å². The number of anilines is 2. The van der Waals surface area contributed by atoms with Gasteiger partial charge < -0.3 is 16.0 Å². The Hall–Kier alpha value is -1.59. The van der Waals surface area contributed by atoms with Gasteiger partial charge >= 0.3 is 0 Å². The molecule has 22 heavy (non-hydrogen) atoms. The third-order valence-corrected chi connectivity index (χ3v) is 4.34. The Labute approximate surface area is 136 Å². The van der Waals surface area contributed by atoms with E-state index in [4.69, 9.17) is 5.73 Å². The highest BCUT2D eigenvalue weighted by Gasteiger charge is 2.28. The Bertz CT molecular complexity index is 564. The molecule has 1 aliphatic carbocycles. The van der Waals surface area contributed by atoms with Gasteiger partial charge in [-0.1, -0.05) is 6.07 Å². The Morgan fingerprint density at radius 3 is 2.77 bits per heavy atom. The second-order valence-corrected chi connectivity index (χ2v) is 5.96. The summed E-state index contributed by atoms with van der Waals surface area (Å²) in [6.07, 6.45) is 4.04. The molecule has 120 valence electrons. The molecule has 3 N–H and O–H groups in total. The van der Waals surface area contributed by atoms with E-state index in [0.717, 1.165) is 43.6 Å². The summed E-state index contributed by atoms with van der Waals surface area (Å²) in [7, 11) is 0. The van der Waals surface area contributed by atoms with Crippen molar-refractivity contribution in [2.45, 2.75) is 38.1 Å². The van der Waals surface area contributed by atoms with E-state index in [0.29, 0.717) is 6.42 Å². The van der Waals surface area contributed by atoms with Crippen molar-refractivity contribution in [2.24, 2.45) is 11.7 Å². The van der Waals surface area contributed by atoms with Gasteiger partial charge in [-0.2, -0.15) is 0 Å². The SMILES string of the molecule is Cl.NC1CCC(C(=O)Nc2cccc(N3CCCC3=O)c2)C1. The summed E-state index contributed by atoms with van der Waals surface area (Å²) in [4.78, 5) is 25.8. The van der Waals surface area contributed by atoms with E-state index in [2.05, 4.69) is 5.32 Å². The molecule has 1 saturated carbocycles. The number of hydrogen-bond acceptors (Lipinski definition) is 3. The predicted octanol–water partition coefficient (Wildman–Crippen LogP) is 2.30. The number of benzene rings is 1. The number of hydrogen-bond donors (Lipinski definition) is 2. The van der Waals surface area contributed by atoms with Gasteiger partial charge in [0.15, 0.2) is 0 Å². The third kappa shape index (κ3) is 3.59. The lowest BCUT2D eigenvalue weighted by molar-refractivity contribution is -0.119. The zero-order valence-electron chi connectivity index (χ0n) is 12.5. The molecule has 1 aromatic rings. The average molecular weight is 324 g/mol. The van der Waals surface area contributed by atoms with Crippen molar-refractivity contribution >= 4 is 35.6 Å². The molecule has 5 nitrogen and oxygen atoms in total. The molecular formula is C16H22ClN3O2. The number of carbonyl (C=O) groups excluding carboxylic acids is 2. The monoisotopic (exact) mass is 323 g/mol. The van der Waals surface area contributed by atoms with Crippen LogP contribution in [0.25, 0.3) is 0 Å². The first-order valence-electron chi connectivity index (χ1n) is 7.60. The summed E-state index contributed by atoms with van der Waals surface area (Å²) >= 11 is 0. The second-order valence-electron chi connectivity index (χ2n) is 5.96. The Kier molecular flexibility index (Phi) is 5.42. The Morgan fingerprint density at radius 2 is 2.14 bits per heavy atom. The smallest absolute Gasteiger partial charge is 0.227 e. The highest BCUT2D eigenvalue weighted by Crippen LogP contribution is 2.27. The van der Waals surface area contributed by atoms with Crippen LogP contribution in [0, 0.1) is 5.92 Å². The maximum Gasteiger partial charge on any atom is 0.227 e. The van der Waals surface area contributed by atoms with Crippen LogP contribution in [0.1, 0.15) is 32.1 Å². The molecule has 0 spiro atoms. The van der Waals surface area contributed by atoms with Crippen LogP contribution in [0.5, 0.6) is 0 Å². The molecular weight excluding hydrogens is 302 g/mol. The zero-order chi connectivity index (χ0) is 14.8. The fourth-order valence-electron chi connectivity index (χ4n) is 3.17. The van der Waals surface area contributed by atoms with Crippen molar-refractivity contribution in [2.75, 3.05) is 16.8 Å². The number of nitrogens with two attached hydrogens (primary N) is 1. The minimum Gasteiger partial charge on any atom is -0.328 e. The molecule has 0 bridgehead atoms. The maximum atomic E-state index is 12.2. The molecule has 1 heterocycles. The number of halogens is 1. The van der Waals surface area contributed by atoms with Crippen molar-refractivity contribution in [3.05, 3.63) is 24.3 Å². The summed E-state index contributed by atoms with van der Waals surface area (Å²) in [5.41, 5.74) is 7.46. The van der Waals surface area contributed by atoms with E-state index in [-0.39, 0.29) is 36.2 Å². The fraction of sp³-hybridized carbons (Fsp3) is 0.500. The molecule has 2 aliphatic rings. The molecule has 2 amide bonds. The van der Waals surface area contributed by atoms with Crippen LogP contribution in [0.3, 0.4) is 0 Å². The Balaban J connectivity index is 0.00000176. The van der Waals surface area contributed by atoms with E-state index < -0.39 is 0 Å². The minimum absolute atomic E-state index is 0. The summed E-state index contributed by atoms with van der Waals surface area (Å²) in [6.45, 7) is 0.758. The lowest BCUT2D eigenvalue weighted by atomic mass is 10.1. The van der Waals surface area contributed by atoms with Gasteiger partial charge in [-0.15, -0.1) is 12.4 Å². The fourth-order valence-corrected chi connectivity index (χ4v) is 3.17. The van der Waals surface area contributed by atoms with Crippen molar-refractivity contribution in [3.8, 4) is 0 Å². The van der Waals surface area contributed by atoms with E-state index >= 15 is 0 Å². The summed E-state index contributed by atoms with van der Waals surface area (Å²) in [6, 6.07) is 7.66. The molecule has 0 aromatic heterocycles. The van der Waals surface area contributed by atoms with Crippen molar-refractivity contribution < 1.29 is 9.59 Å². The van der Waals surface area contributed by atoms with Gasteiger partial charge in [0.25, 0.3) is 0 Å². The van der Waals surface area contributed by atoms with E-state index in [9.17, 15) is 9.59 Å². The number of carbonyl (C=O) groups is 2. The molecule has 6 heteroatoms. The first-order valence-corrected chi connectivity index (χ1v) is 7.60. The van der Waals surface area contributed by atoms with Crippen LogP contribution in [0.15, 0.2) is 24.3 Å². The van der Waals surface area contributed by atoms with Gasteiger partial charge in [0, 0.05) is 36.3 Å². The number of nitrogens with zero attached hydrogens (tertiary/aromatic N) is 1. The lowest BCUT2D eigenvalue weighted by Gasteiger charge is -2.17. The van der Waals surface area contributed by atoms with Crippen LogP contribution in [-0.2, 0) is 9.59 Å². The summed E-state index contributed by atoms with van der Waals surface area (Å²) < 4.78 is 0. The van der Waals surface area contributed by atoms with Crippen LogP contribution >= 0.6 is 12.4 Å². The molecule has 2 fully saturated rings. The summed E-state index contributed by atoms with van der Waals surface area (Å²) in [5.74, 6) is 0.199. The van der Waals surface area contributed by atoms with Gasteiger partial charge in [-0.05, 0) is 43.9 Å². The van der Waals surface area contributed by atoms with Gasteiger partial charge in [0.2, 0.25) is 11.8 Å². The van der Waals surface area contributed by atoms with Crippen molar-refractivity contribution in [1.29, 1.82) is 0 Å². The third-order valence-electron chi connectivity index (χ3n) is 4.34. The maximum absolute atomic E-state index is 12.2. The second kappa shape index (κ2) is 7.11. The molecule has 1 saturated heterocycles. The zero-order valence-corrected chi connectivity index (χ0v) is 13.3. The standard InChI is InChI=1S/C16H21N3O2.ClH/c17-12-7-6-11(9-12)16(21)18-13-3-1-4-14(10-13)19-8-2-5-15(19)20;/h1,3-4,10-12H,2,5-9,17H2,(H,18,21);1H. The van der Waals surface area contributed by atoms with Crippen molar-refractivity contribution in [1.82, 2.24) is 0 Å². The van der Waals surface area contributed by atoms with E-state index in [1.807, 2.05) is 24.3 Å². The molecule has 1 aromatic carbocycles. The van der Waals surface area contributed by atoms with Crippen LogP contribution in [0.4, 0.5) is 11.4 Å². The predicted molar refractivity (Wildman–Crippen MR) is 89.2 cm³/mol. The minimum atomic E-state index is 0. The number of amides is 2. The largest absolute Gasteiger partial charge is 0.328 e. The van der Waals surface area contributed by atoms with E-state index in [1.165, 1.54) is 0 Å². The summed E-state index contributed by atoms with van der Waals surface area (Å²) in [5, 5.41) is 2.95.